The van der Waals surface area contributed by atoms with E-state index in [-0.39, 0.29) is 3.74 Å². The lowest BCUT2D eigenvalue weighted by molar-refractivity contribution is 1.29. The highest BCUT2D eigenvalue weighted by atomic mass is 79.9. The van der Waals surface area contributed by atoms with Gasteiger partial charge in [0.1, 0.15) is 0 Å². The van der Waals surface area contributed by atoms with E-state index < -0.39 is 0 Å². The van der Waals surface area contributed by atoms with Crippen molar-refractivity contribution in [1.82, 2.24) is 0 Å². The third-order valence-corrected chi connectivity index (χ3v) is 3.10. The fourth-order valence-electron chi connectivity index (χ4n) is 0.921. The van der Waals surface area contributed by atoms with Gasteiger partial charge in [0.05, 0.1) is 3.74 Å². The van der Waals surface area contributed by atoms with E-state index >= 15 is 0 Å². The molecule has 0 heterocycles. The fraction of sp³-hybridized carbons (Fsp3) is 0.250. The van der Waals surface area contributed by atoms with Gasteiger partial charge in [0, 0.05) is 4.47 Å². The van der Waals surface area contributed by atoms with Crippen LogP contribution in [-0.4, -0.2) is 0 Å². The Hall–Kier alpha value is 0.660. The average molecular weight is 343 g/mol. The molecule has 0 saturated carbocycles. The summed E-state index contributed by atoms with van der Waals surface area (Å²) in [5.74, 6) is 0. The van der Waals surface area contributed by atoms with Crippen LogP contribution in [0.25, 0.3) is 0 Å². The van der Waals surface area contributed by atoms with Crippen molar-refractivity contribution in [1.29, 1.82) is 0 Å². The summed E-state index contributed by atoms with van der Waals surface area (Å²) in [4.78, 5) is 0. The summed E-state index contributed by atoms with van der Waals surface area (Å²) in [6.45, 7) is 2.09. The third kappa shape index (κ3) is 2.30. The third-order valence-electron chi connectivity index (χ3n) is 1.49. The van der Waals surface area contributed by atoms with Gasteiger partial charge in [0.15, 0.2) is 0 Å². The van der Waals surface area contributed by atoms with Crippen LogP contribution in [0.4, 0.5) is 0 Å². The van der Waals surface area contributed by atoms with E-state index in [2.05, 4.69) is 60.8 Å². The standard InChI is InChI=1S/C8H7Br3/c1-5-3-2-4-6(9)7(5)8(10)11/h2-4,8H,1H3. The van der Waals surface area contributed by atoms with Crippen molar-refractivity contribution in [2.45, 2.75) is 10.7 Å². The Bertz CT molecular complexity index is 235. The Balaban J connectivity index is 3.21. The van der Waals surface area contributed by atoms with Crippen LogP contribution in [0, 0.1) is 6.92 Å². The molecule has 0 aliphatic rings. The lowest BCUT2D eigenvalue weighted by Gasteiger charge is -2.08. The molecule has 1 aromatic carbocycles. The monoisotopic (exact) mass is 340 g/mol. The second kappa shape index (κ2) is 4.06. The van der Waals surface area contributed by atoms with E-state index in [9.17, 15) is 0 Å². The molecule has 0 aromatic heterocycles. The molecule has 0 aliphatic carbocycles. The van der Waals surface area contributed by atoms with Crippen molar-refractivity contribution in [3.05, 3.63) is 33.8 Å². The van der Waals surface area contributed by atoms with Gasteiger partial charge in [-0.1, -0.05) is 59.9 Å². The van der Waals surface area contributed by atoms with E-state index in [1.54, 1.807) is 0 Å². The van der Waals surface area contributed by atoms with Crippen molar-refractivity contribution in [2.75, 3.05) is 0 Å². The molecule has 0 atom stereocenters. The maximum absolute atomic E-state index is 3.49. The van der Waals surface area contributed by atoms with Crippen molar-refractivity contribution in [3.63, 3.8) is 0 Å². The number of rotatable bonds is 1. The molecule has 0 N–H and O–H groups in total. The summed E-state index contributed by atoms with van der Waals surface area (Å²) in [5, 5.41) is 0. The van der Waals surface area contributed by atoms with Crippen molar-refractivity contribution < 1.29 is 0 Å². The summed E-state index contributed by atoms with van der Waals surface area (Å²) < 4.78 is 1.36. The quantitative estimate of drug-likeness (QED) is 0.657. The fourth-order valence-corrected chi connectivity index (χ4v) is 3.45. The summed E-state index contributed by atoms with van der Waals surface area (Å²) in [7, 11) is 0. The number of benzene rings is 1. The molecule has 60 valence electrons. The van der Waals surface area contributed by atoms with E-state index in [1.165, 1.54) is 11.1 Å². The molecule has 1 rings (SSSR count). The molecule has 0 saturated heterocycles. The molecule has 3 heteroatoms. The van der Waals surface area contributed by atoms with Crippen LogP contribution in [-0.2, 0) is 0 Å². The molecular formula is C8H7Br3. The summed E-state index contributed by atoms with van der Waals surface area (Å²) in [6, 6.07) is 6.17. The number of hydrogen-bond acceptors (Lipinski definition) is 0. The number of aryl methyl sites for hydroxylation is 1. The van der Waals surface area contributed by atoms with Gasteiger partial charge in [0.25, 0.3) is 0 Å². The molecule has 0 nitrogen and oxygen atoms in total. The lowest BCUT2D eigenvalue weighted by atomic mass is 10.1. The smallest absolute Gasteiger partial charge is 0.0711 e. The maximum atomic E-state index is 3.49. The zero-order chi connectivity index (χ0) is 8.43. The number of hydrogen-bond donors (Lipinski definition) is 0. The SMILES string of the molecule is Cc1cccc(Br)c1C(Br)Br. The predicted octanol–water partition coefficient (Wildman–Crippen LogP) is 4.55. The zero-order valence-corrected chi connectivity index (χ0v) is 10.7. The Kier molecular flexibility index (Phi) is 3.59. The van der Waals surface area contributed by atoms with Gasteiger partial charge in [0.2, 0.25) is 0 Å². The first-order valence-electron chi connectivity index (χ1n) is 3.16. The molecule has 1 aromatic rings. The Morgan fingerprint density at radius 1 is 1.27 bits per heavy atom. The van der Waals surface area contributed by atoms with Crippen LogP contribution in [0.15, 0.2) is 22.7 Å². The molecule has 0 aliphatic heterocycles. The van der Waals surface area contributed by atoms with Gasteiger partial charge in [-0.3, -0.25) is 0 Å². The van der Waals surface area contributed by atoms with Gasteiger partial charge < -0.3 is 0 Å². The largest absolute Gasteiger partial charge is 0.0959 e. The van der Waals surface area contributed by atoms with E-state index in [4.69, 9.17) is 0 Å². The Morgan fingerprint density at radius 3 is 2.27 bits per heavy atom. The van der Waals surface area contributed by atoms with E-state index in [0.717, 1.165) is 4.47 Å². The molecular weight excluding hydrogens is 336 g/mol. The molecule has 11 heavy (non-hydrogen) atoms. The average Bonchev–Trinajstić information content (AvgIpc) is 1.85. The molecule has 0 amide bonds. The summed E-state index contributed by atoms with van der Waals surface area (Å²) >= 11 is 10.4. The van der Waals surface area contributed by atoms with Crippen LogP contribution in [0.5, 0.6) is 0 Å². The lowest BCUT2D eigenvalue weighted by Crippen LogP contribution is -1.87. The second-order valence-electron chi connectivity index (χ2n) is 2.27. The van der Waals surface area contributed by atoms with Gasteiger partial charge in [-0.05, 0) is 24.1 Å². The minimum Gasteiger partial charge on any atom is -0.0711 e. The van der Waals surface area contributed by atoms with E-state index in [1.807, 2.05) is 12.1 Å². The Morgan fingerprint density at radius 2 is 1.91 bits per heavy atom. The van der Waals surface area contributed by atoms with Crippen LogP contribution < -0.4 is 0 Å². The maximum Gasteiger partial charge on any atom is 0.0959 e. The summed E-state index contributed by atoms with van der Waals surface area (Å²) in [5.41, 5.74) is 2.53. The first-order valence-corrected chi connectivity index (χ1v) is 5.78. The highest BCUT2D eigenvalue weighted by Crippen LogP contribution is 2.36. The van der Waals surface area contributed by atoms with Crippen molar-refractivity contribution in [3.8, 4) is 0 Å². The molecule has 0 unspecified atom stereocenters. The highest BCUT2D eigenvalue weighted by Gasteiger charge is 2.08. The zero-order valence-electron chi connectivity index (χ0n) is 5.94. The van der Waals surface area contributed by atoms with Gasteiger partial charge >= 0.3 is 0 Å². The molecule has 0 spiro atoms. The van der Waals surface area contributed by atoms with Gasteiger partial charge in [-0.25, -0.2) is 0 Å². The van der Waals surface area contributed by atoms with E-state index in [0.29, 0.717) is 0 Å². The minimum absolute atomic E-state index is 0.227. The van der Waals surface area contributed by atoms with Crippen LogP contribution >= 0.6 is 47.8 Å². The highest BCUT2D eigenvalue weighted by molar-refractivity contribution is 9.24. The van der Waals surface area contributed by atoms with Crippen LogP contribution in [0.2, 0.25) is 0 Å². The second-order valence-corrected chi connectivity index (χ2v) is 6.19. The van der Waals surface area contributed by atoms with Crippen LogP contribution in [0.1, 0.15) is 14.9 Å². The Labute approximate surface area is 91.8 Å². The number of halogens is 3. The van der Waals surface area contributed by atoms with Gasteiger partial charge in [-0.15, -0.1) is 0 Å². The minimum atomic E-state index is 0.227. The predicted molar refractivity (Wildman–Crippen MR) is 59.5 cm³/mol. The van der Waals surface area contributed by atoms with Crippen molar-refractivity contribution >= 4 is 47.8 Å². The number of alkyl halides is 2. The molecule has 0 fully saturated rings. The van der Waals surface area contributed by atoms with Gasteiger partial charge in [-0.2, -0.15) is 0 Å². The topological polar surface area (TPSA) is 0 Å². The molecule has 0 bridgehead atoms. The first kappa shape index (κ1) is 9.75. The summed E-state index contributed by atoms with van der Waals surface area (Å²) in [6.07, 6.45) is 0. The van der Waals surface area contributed by atoms with Crippen molar-refractivity contribution in [2.24, 2.45) is 0 Å². The normalized spacial score (nSPS) is 10.6. The molecule has 0 radical (unpaired) electrons. The first-order chi connectivity index (χ1) is 5.13. The van der Waals surface area contributed by atoms with Crippen LogP contribution in [0.3, 0.4) is 0 Å².